The quantitative estimate of drug-likeness (QED) is 0.660. The second-order valence-electron chi connectivity index (χ2n) is 9.88. The lowest BCUT2D eigenvalue weighted by atomic mass is 9.83. The SMILES string of the molecule is COc1ccc2c(c1)N1CCN(c3ccccc3OC)C[C@@H]1[C@H](C(=O)NCCN1CCCCC1)C2. The fraction of sp³-hybridized carbons (Fsp3) is 0.536. The number of amides is 1. The monoisotopic (exact) mass is 478 g/mol. The molecule has 7 nitrogen and oxygen atoms in total. The lowest BCUT2D eigenvalue weighted by molar-refractivity contribution is -0.125. The number of hydrogen-bond donors (Lipinski definition) is 1. The predicted octanol–water partition coefficient (Wildman–Crippen LogP) is 3.17. The highest BCUT2D eigenvalue weighted by molar-refractivity contribution is 5.82. The maximum atomic E-state index is 13.6. The van der Waals surface area contributed by atoms with Gasteiger partial charge in [0.25, 0.3) is 0 Å². The van der Waals surface area contributed by atoms with Crippen LogP contribution in [0.3, 0.4) is 0 Å². The molecule has 2 fully saturated rings. The summed E-state index contributed by atoms with van der Waals surface area (Å²) in [5.74, 6) is 1.80. The van der Waals surface area contributed by atoms with Crippen LogP contribution in [0.25, 0.3) is 0 Å². The van der Waals surface area contributed by atoms with Gasteiger partial charge in [0.1, 0.15) is 11.5 Å². The number of nitrogens with zero attached hydrogens (tertiary/aromatic N) is 3. The van der Waals surface area contributed by atoms with Gasteiger partial charge in [-0.3, -0.25) is 4.79 Å². The number of methoxy groups -OCH3 is 2. The molecule has 5 rings (SSSR count). The minimum absolute atomic E-state index is 0.0863. The number of ether oxygens (including phenoxy) is 2. The van der Waals surface area contributed by atoms with Crippen LogP contribution in [-0.4, -0.2) is 76.9 Å². The molecule has 0 radical (unpaired) electrons. The first-order valence-corrected chi connectivity index (χ1v) is 13.0. The Kier molecular flexibility index (Phi) is 7.32. The van der Waals surface area contributed by atoms with Gasteiger partial charge in [-0.1, -0.05) is 24.6 Å². The van der Waals surface area contributed by atoms with Gasteiger partial charge in [-0.25, -0.2) is 0 Å². The van der Waals surface area contributed by atoms with E-state index in [4.69, 9.17) is 9.47 Å². The van der Waals surface area contributed by atoms with Crippen molar-refractivity contribution in [2.24, 2.45) is 5.92 Å². The average molecular weight is 479 g/mol. The van der Waals surface area contributed by atoms with E-state index < -0.39 is 0 Å². The second kappa shape index (κ2) is 10.8. The van der Waals surface area contributed by atoms with Gasteiger partial charge in [0, 0.05) is 44.5 Å². The highest BCUT2D eigenvalue weighted by atomic mass is 16.5. The molecule has 3 heterocycles. The van der Waals surface area contributed by atoms with Gasteiger partial charge >= 0.3 is 0 Å². The van der Waals surface area contributed by atoms with E-state index in [1.54, 1.807) is 14.2 Å². The summed E-state index contributed by atoms with van der Waals surface area (Å²) in [5.41, 5.74) is 3.52. The van der Waals surface area contributed by atoms with Crippen LogP contribution in [0.4, 0.5) is 11.4 Å². The van der Waals surface area contributed by atoms with Crippen LogP contribution in [0, 0.1) is 5.92 Å². The van der Waals surface area contributed by atoms with Crippen molar-refractivity contribution in [3.05, 3.63) is 48.0 Å². The molecular formula is C28H38N4O3. The number of fused-ring (bicyclic) bond motifs is 3. The predicted molar refractivity (Wildman–Crippen MR) is 140 cm³/mol. The summed E-state index contributed by atoms with van der Waals surface area (Å²) in [5, 5.41) is 3.29. The summed E-state index contributed by atoms with van der Waals surface area (Å²) < 4.78 is 11.2. The number of para-hydroxylation sites is 2. The molecule has 0 unspecified atom stereocenters. The fourth-order valence-corrected chi connectivity index (χ4v) is 5.97. The van der Waals surface area contributed by atoms with Crippen LogP contribution in [0.15, 0.2) is 42.5 Å². The van der Waals surface area contributed by atoms with E-state index in [9.17, 15) is 4.79 Å². The number of piperidine rings is 1. The number of rotatable bonds is 7. The van der Waals surface area contributed by atoms with Crippen molar-refractivity contribution in [1.29, 1.82) is 0 Å². The van der Waals surface area contributed by atoms with Crippen molar-refractivity contribution in [3.63, 3.8) is 0 Å². The normalized spacial score (nSPS) is 22.2. The number of carbonyl (C=O) groups excluding carboxylic acids is 1. The molecule has 7 heteroatoms. The molecular weight excluding hydrogens is 440 g/mol. The molecule has 188 valence electrons. The van der Waals surface area contributed by atoms with Crippen LogP contribution in [0.1, 0.15) is 24.8 Å². The number of nitrogens with one attached hydrogen (secondary N) is 1. The molecule has 0 aliphatic carbocycles. The summed E-state index contributed by atoms with van der Waals surface area (Å²) in [7, 11) is 3.43. The summed E-state index contributed by atoms with van der Waals surface area (Å²) in [6, 6.07) is 14.5. The van der Waals surface area contributed by atoms with E-state index >= 15 is 0 Å². The Morgan fingerprint density at radius 3 is 2.60 bits per heavy atom. The van der Waals surface area contributed by atoms with Gasteiger partial charge in [-0.15, -0.1) is 0 Å². The van der Waals surface area contributed by atoms with Crippen LogP contribution < -0.4 is 24.6 Å². The Balaban J connectivity index is 1.36. The van der Waals surface area contributed by atoms with Crippen molar-refractivity contribution in [2.45, 2.75) is 31.7 Å². The number of piperazine rings is 1. The number of carbonyl (C=O) groups is 1. The fourth-order valence-electron chi connectivity index (χ4n) is 5.97. The van der Waals surface area contributed by atoms with E-state index in [0.29, 0.717) is 6.54 Å². The van der Waals surface area contributed by atoms with Gasteiger partial charge in [0.2, 0.25) is 5.91 Å². The molecule has 3 aliphatic heterocycles. The molecule has 2 atom stereocenters. The van der Waals surface area contributed by atoms with E-state index in [1.807, 2.05) is 18.2 Å². The smallest absolute Gasteiger partial charge is 0.225 e. The van der Waals surface area contributed by atoms with E-state index in [0.717, 1.165) is 62.9 Å². The first-order chi connectivity index (χ1) is 17.2. The van der Waals surface area contributed by atoms with Crippen LogP contribution in [0.2, 0.25) is 0 Å². The highest BCUT2D eigenvalue weighted by Gasteiger charge is 2.42. The van der Waals surface area contributed by atoms with Crippen molar-refractivity contribution in [3.8, 4) is 11.5 Å². The van der Waals surface area contributed by atoms with E-state index in [1.165, 1.54) is 30.5 Å². The number of hydrogen-bond acceptors (Lipinski definition) is 6. The Morgan fingerprint density at radius 1 is 0.971 bits per heavy atom. The van der Waals surface area contributed by atoms with Crippen molar-refractivity contribution < 1.29 is 14.3 Å². The molecule has 0 saturated carbocycles. The maximum Gasteiger partial charge on any atom is 0.225 e. The molecule has 2 aromatic carbocycles. The van der Waals surface area contributed by atoms with Crippen LogP contribution in [-0.2, 0) is 11.2 Å². The first kappa shape index (κ1) is 23.8. The minimum atomic E-state index is -0.102. The van der Waals surface area contributed by atoms with Gasteiger partial charge in [-0.2, -0.15) is 0 Å². The number of benzene rings is 2. The minimum Gasteiger partial charge on any atom is -0.497 e. The zero-order valence-corrected chi connectivity index (χ0v) is 21.0. The van der Waals surface area contributed by atoms with Crippen LogP contribution in [0.5, 0.6) is 11.5 Å². The zero-order valence-electron chi connectivity index (χ0n) is 21.0. The van der Waals surface area contributed by atoms with E-state index in [-0.39, 0.29) is 17.9 Å². The third-order valence-electron chi connectivity index (χ3n) is 7.86. The molecule has 0 spiro atoms. The van der Waals surface area contributed by atoms with Crippen molar-refractivity contribution in [1.82, 2.24) is 10.2 Å². The molecule has 2 saturated heterocycles. The average Bonchev–Trinajstić information content (AvgIpc) is 2.92. The molecule has 1 amide bonds. The zero-order chi connectivity index (χ0) is 24.2. The molecule has 1 N–H and O–H groups in total. The Hall–Kier alpha value is -2.93. The molecule has 0 bridgehead atoms. The summed E-state index contributed by atoms with van der Waals surface area (Å²) in [4.78, 5) is 20.9. The topological polar surface area (TPSA) is 57.3 Å². The number of likely N-dealkylation sites (tertiary alicyclic amines) is 1. The molecule has 0 aromatic heterocycles. The second-order valence-corrected chi connectivity index (χ2v) is 9.88. The summed E-state index contributed by atoms with van der Waals surface area (Å²) in [6.45, 7) is 6.46. The largest absolute Gasteiger partial charge is 0.497 e. The van der Waals surface area contributed by atoms with Crippen LogP contribution >= 0.6 is 0 Å². The number of anilines is 2. The third kappa shape index (κ3) is 5.06. The van der Waals surface area contributed by atoms with Gasteiger partial charge in [0.05, 0.1) is 31.9 Å². The maximum absolute atomic E-state index is 13.6. The third-order valence-corrected chi connectivity index (χ3v) is 7.86. The van der Waals surface area contributed by atoms with Crippen molar-refractivity contribution >= 4 is 17.3 Å². The Labute approximate surface area is 209 Å². The Morgan fingerprint density at radius 2 is 1.80 bits per heavy atom. The molecule has 35 heavy (non-hydrogen) atoms. The van der Waals surface area contributed by atoms with E-state index in [2.05, 4.69) is 44.3 Å². The molecule has 2 aromatic rings. The van der Waals surface area contributed by atoms with Gasteiger partial charge in [0.15, 0.2) is 0 Å². The lowest BCUT2D eigenvalue weighted by Gasteiger charge is -2.49. The molecule has 3 aliphatic rings. The van der Waals surface area contributed by atoms with Crippen molar-refractivity contribution in [2.75, 3.05) is 69.8 Å². The highest BCUT2D eigenvalue weighted by Crippen LogP contribution is 2.40. The first-order valence-electron chi connectivity index (χ1n) is 13.0. The summed E-state index contributed by atoms with van der Waals surface area (Å²) in [6.07, 6.45) is 4.62. The Bertz CT molecular complexity index is 1020. The van der Waals surface area contributed by atoms with Gasteiger partial charge in [-0.05, 0) is 56.1 Å². The summed E-state index contributed by atoms with van der Waals surface area (Å²) >= 11 is 0. The standard InChI is InChI=1S/C28H38N4O3/c1-34-22-11-10-21-18-23(28(33)29-12-15-30-13-6-3-7-14-30)26-20-31(16-17-32(26)25(21)19-22)24-8-4-5-9-27(24)35-2/h4-5,8-11,19,23,26H,3,6-7,12-18,20H2,1-2H3,(H,29,33)/t23-,26-/m1/s1. The lowest BCUT2D eigenvalue weighted by Crippen LogP contribution is -2.61. The van der Waals surface area contributed by atoms with Gasteiger partial charge < -0.3 is 29.5 Å².